The average molecular weight is 287 g/mol. The molecule has 0 saturated carbocycles. The molecule has 0 unspecified atom stereocenters. The van der Waals surface area contributed by atoms with Crippen LogP contribution in [0.25, 0.3) is 0 Å². The number of hydrogen-bond acceptors (Lipinski definition) is 4. The number of benzene rings is 2. The molecule has 2 aromatic carbocycles. The third-order valence-electron chi connectivity index (χ3n) is 2.61. The smallest absolute Gasteiger partial charge is 0.121 e. The molecule has 0 aliphatic heterocycles. The first-order valence-corrected chi connectivity index (χ1v) is 7.30. The number of hydrogen-bond donors (Lipinski definition) is 1. The van der Waals surface area contributed by atoms with E-state index in [0.29, 0.717) is 19.6 Å². The topological polar surface area (TPSA) is 38.3 Å². The van der Waals surface area contributed by atoms with Crippen LogP contribution in [0.2, 0.25) is 0 Å². The van der Waals surface area contributed by atoms with Gasteiger partial charge in [-0.05, 0) is 35.7 Å². The molecule has 0 aliphatic carbocycles. The van der Waals surface area contributed by atoms with Gasteiger partial charge in [0.05, 0.1) is 0 Å². The van der Waals surface area contributed by atoms with Crippen molar-refractivity contribution in [2.45, 2.75) is 17.9 Å². The molecule has 2 aromatic rings. The zero-order chi connectivity index (χ0) is 14.0. The highest BCUT2D eigenvalue weighted by Gasteiger charge is 1.99. The molecule has 2 rings (SSSR count). The highest BCUT2D eigenvalue weighted by atomic mass is 32.2. The summed E-state index contributed by atoms with van der Waals surface area (Å²) in [4.78, 5) is 11.3. The van der Waals surface area contributed by atoms with Gasteiger partial charge in [-0.2, -0.15) is 0 Å². The lowest BCUT2D eigenvalue weighted by atomic mass is 10.2. The summed E-state index contributed by atoms with van der Waals surface area (Å²) in [6.07, 6.45) is 1.43. The average Bonchev–Trinajstić information content (AvgIpc) is 2.51. The van der Waals surface area contributed by atoms with Crippen molar-refractivity contribution in [2.24, 2.45) is 0 Å². The Morgan fingerprint density at radius 2 is 1.95 bits per heavy atom. The lowest BCUT2D eigenvalue weighted by Gasteiger charge is -2.08. The molecule has 20 heavy (non-hydrogen) atoms. The van der Waals surface area contributed by atoms with Gasteiger partial charge < -0.3 is 9.53 Å². The molecular formula is C16H17NO2S. The molecule has 1 N–H and O–H groups in total. The van der Waals surface area contributed by atoms with Gasteiger partial charge >= 0.3 is 0 Å². The predicted octanol–water partition coefficient (Wildman–Crippen LogP) is 3.45. The number of carbonyl (C=O) groups is 1. The van der Waals surface area contributed by atoms with Crippen LogP contribution < -0.4 is 9.46 Å². The molecule has 0 aliphatic rings. The maximum atomic E-state index is 10.2. The van der Waals surface area contributed by atoms with Gasteiger partial charge in [-0.15, -0.1) is 0 Å². The summed E-state index contributed by atoms with van der Waals surface area (Å²) in [5.41, 5.74) is 1.15. The van der Waals surface area contributed by atoms with Crippen molar-refractivity contribution in [1.82, 2.24) is 4.72 Å². The Morgan fingerprint density at radius 3 is 2.75 bits per heavy atom. The second kappa shape index (κ2) is 8.40. The predicted molar refractivity (Wildman–Crippen MR) is 81.8 cm³/mol. The summed E-state index contributed by atoms with van der Waals surface area (Å²) >= 11 is 1.51. The molecule has 0 atom stereocenters. The van der Waals surface area contributed by atoms with E-state index < -0.39 is 0 Å². The summed E-state index contributed by atoms with van der Waals surface area (Å²) in [6.45, 7) is 1.23. The second-order valence-corrected chi connectivity index (χ2v) is 5.17. The van der Waals surface area contributed by atoms with Crippen LogP contribution in [0.15, 0.2) is 59.5 Å². The quantitative estimate of drug-likeness (QED) is 0.458. The fourth-order valence-corrected chi connectivity index (χ4v) is 2.33. The van der Waals surface area contributed by atoms with Gasteiger partial charge in [-0.1, -0.05) is 36.4 Å². The van der Waals surface area contributed by atoms with Gasteiger partial charge in [0, 0.05) is 17.9 Å². The van der Waals surface area contributed by atoms with Crippen molar-refractivity contribution in [3.8, 4) is 5.75 Å². The Labute approximate surface area is 123 Å². The highest BCUT2D eigenvalue weighted by molar-refractivity contribution is 7.97. The Hall–Kier alpha value is -1.78. The normalized spacial score (nSPS) is 10.2. The number of ether oxygens (including phenoxy) is 1. The Morgan fingerprint density at radius 1 is 1.10 bits per heavy atom. The maximum Gasteiger partial charge on any atom is 0.121 e. The SMILES string of the molecule is O=CCCNSc1cccc(OCc2ccccc2)c1. The van der Waals surface area contributed by atoms with Crippen molar-refractivity contribution in [2.75, 3.05) is 6.54 Å². The van der Waals surface area contributed by atoms with E-state index in [1.165, 1.54) is 11.9 Å². The minimum absolute atomic E-state index is 0.525. The van der Waals surface area contributed by atoms with Crippen LogP contribution in [0.4, 0.5) is 0 Å². The van der Waals surface area contributed by atoms with Gasteiger partial charge in [-0.3, -0.25) is 4.72 Å². The minimum atomic E-state index is 0.525. The van der Waals surface area contributed by atoms with Crippen LogP contribution in [-0.2, 0) is 11.4 Å². The van der Waals surface area contributed by atoms with Crippen LogP contribution in [0.1, 0.15) is 12.0 Å². The molecule has 0 heterocycles. The molecule has 0 aromatic heterocycles. The van der Waals surface area contributed by atoms with E-state index in [9.17, 15) is 4.79 Å². The van der Waals surface area contributed by atoms with E-state index in [4.69, 9.17) is 4.74 Å². The van der Waals surface area contributed by atoms with E-state index in [-0.39, 0.29) is 0 Å². The number of carbonyl (C=O) groups excluding carboxylic acids is 1. The number of aldehydes is 1. The molecule has 4 heteroatoms. The van der Waals surface area contributed by atoms with Crippen LogP contribution >= 0.6 is 11.9 Å². The van der Waals surface area contributed by atoms with Gasteiger partial charge in [0.2, 0.25) is 0 Å². The Bertz CT molecular complexity index is 531. The van der Waals surface area contributed by atoms with Gasteiger partial charge in [0.15, 0.2) is 0 Å². The fraction of sp³-hybridized carbons (Fsp3) is 0.188. The first-order valence-electron chi connectivity index (χ1n) is 6.48. The van der Waals surface area contributed by atoms with E-state index >= 15 is 0 Å². The summed E-state index contributed by atoms with van der Waals surface area (Å²) in [5.74, 6) is 0.844. The van der Waals surface area contributed by atoms with Crippen LogP contribution in [0, 0.1) is 0 Å². The van der Waals surface area contributed by atoms with Crippen LogP contribution in [-0.4, -0.2) is 12.8 Å². The summed E-state index contributed by atoms with van der Waals surface area (Å²) in [6, 6.07) is 18.0. The van der Waals surface area contributed by atoms with Crippen molar-refractivity contribution < 1.29 is 9.53 Å². The standard InChI is InChI=1S/C16H17NO2S/c18-11-5-10-17-20-16-9-4-8-15(12-16)19-13-14-6-2-1-3-7-14/h1-4,6-9,11-12,17H,5,10,13H2. The number of nitrogens with one attached hydrogen (secondary N) is 1. The third kappa shape index (κ3) is 5.07. The molecule has 0 radical (unpaired) electrons. The zero-order valence-electron chi connectivity index (χ0n) is 11.1. The molecular weight excluding hydrogens is 270 g/mol. The first-order chi connectivity index (χ1) is 9.88. The summed E-state index contributed by atoms with van der Waals surface area (Å²) in [7, 11) is 0. The van der Waals surface area contributed by atoms with E-state index in [1.54, 1.807) is 0 Å². The van der Waals surface area contributed by atoms with Crippen molar-refractivity contribution in [3.05, 3.63) is 60.2 Å². The Kier molecular flexibility index (Phi) is 6.14. The van der Waals surface area contributed by atoms with Gasteiger partial charge in [0.1, 0.15) is 18.6 Å². The molecule has 0 amide bonds. The minimum Gasteiger partial charge on any atom is -0.489 e. The summed E-state index contributed by atoms with van der Waals surface area (Å²) in [5, 5.41) is 0. The molecule has 0 fully saturated rings. The van der Waals surface area contributed by atoms with Crippen LogP contribution in [0.3, 0.4) is 0 Å². The molecule has 0 spiro atoms. The highest BCUT2D eigenvalue weighted by Crippen LogP contribution is 2.21. The van der Waals surface area contributed by atoms with Crippen molar-refractivity contribution >= 4 is 18.2 Å². The third-order valence-corrected chi connectivity index (χ3v) is 3.45. The molecule has 104 valence electrons. The largest absolute Gasteiger partial charge is 0.489 e. The number of rotatable bonds is 8. The molecule has 0 saturated heterocycles. The van der Waals surface area contributed by atoms with Crippen molar-refractivity contribution in [3.63, 3.8) is 0 Å². The zero-order valence-corrected chi connectivity index (χ0v) is 11.9. The summed E-state index contributed by atoms with van der Waals surface area (Å²) < 4.78 is 8.90. The lowest BCUT2D eigenvalue weighted by molar-refractivity contribution is -0.107. The van der Waals surface area contributed by atoms with Gasteiger partial charge in [0.25, 0.3) is 0 Å². The molecule has 3 nitrogen and oxygen atoms in total. The van der Waals surface area contributed by atoms with Crippen LogP contribution in [0.5, 0.6) is 5.75 Å². The maximum absolute atomic E-state index is 10.2. The van der Waals surface area contributed by atoms with E-state index in [1.807, 2.05) is 54.6 Å². The lowest BCUT2D eigenvalue weighted by Crippen LogP contribution is -2.05. The van der Waals surface area contributed by atoms with E-state index in [2.05, 4.69) is 4.72 Å². The molecule has 0 bridgehead atoms. The second-order valence-electron chi connectivity index (χ2n) is 4.20. The van der Waals surface area contributed by atoms with Gasteiger partial charge in [-0.25, -0.2) is 0 Å². The Balaban J connectivity index is 1.84. The fourth-order valence-electron chi connectivity index (χ4n) is 1.62. The van der Waals surface area contributed by atoms with E-state index in [0.717, 1.165) is 22.5 Å². The monoisotopic (exact) mass is 287 g/mol. The van der Waals surface area contributed by atoms with Crippen molar-refractivity contribution in [1.29, 1.82) is 0 Å². The first kappa shape index (κ1) is 14.6.